The van der Waals surface area contributed by atoms with Crippen molar-refractivity contribution in [1.82, 2.24) is 0 Å². The first-order valence-corrected chi connectivity index (χ1v) is 5.93. The van der Waals surface area contributed by atoms with Crippen LogP contribution in [0.2, 0.25) is 0 Å². The SMILES string of the molecule is N#Cc1ccc(SC2CCCC2)cc1. The van der Waals surface area contributed by atoms with Crippen molar-refractivity contribution < 1.29 is 0 Å². The molecule has 0 atom stereocenters. The van der Waals surface area contributed by atoms with E-state index in [1.807, 2.05) is 23.9 Å². The van der Waals surface area contributed by atoms with Crippen LogP contribution in [0.25, 0.3) is 0 Å². The fourth-order valence-corrected chi connectivity index (χ4v) is 3.05. The smallest absolute Gasteiger partial charge is 0.0991 e. The standard InChI is InChI=1S/C12H13NS/c13-9-10-5-7-12(8-6-10)14-11-3-1-2-4-11/h5-8,11H,1-4H2. The van der Waals surface area contributed by atoms with E-state index in [2.05, 4.69) is 18.2 Å². The molecule has 14 heavy (non-hydrogen) atoms. The Bertz CT molecular complexity index is 330. The van der Waals surface area contributed by atoms with Gasteiger partial charge in [0.1, 0.15) is 0 Å². The van der Waals surface area contributed by atoms with Crippen molar-refractivity contribution in [3.05, 3.63) is 29.8 Å². The Balaban J connectivity index is 1.99. The van der Waals surface area contributed by atoms with Crippen molar-refractivity contribution in [2.45, 2.75) is 35.8 Å². The van der Waals surface area contributed by atoms with E-state index in [-0.39, 0.29) is 0 Å². The molecule has 1 aliphatic carbocycles. The van der Waals surface area contributed by atoms with Crippen LogP contribution in [0.1, 0.15) is 31.2 Å². The van der Waals surface area contributed by atoms with Crippen LogP contribution in [0, 0.1) is 11.3 Å². The van der Waals surface area contributed by atoms with Crippen LogP contribution in [0.5, 0.6) is 0 Å². The molecule has 0 heterocycles. The molecule has 1 aliphatic rings. The maximum atomic E-state index is 8.66. The van der Waals surface area contributed by atoms with Crippen molar-refractivity contribution in [2.75, 3.05) is 0 Å². The Morgan fingerprint density at radius 2 is 1.79 bits per heavy atom. The summed E-state index contributed by atoms with van der Waals surface area (Å²) in [5.41, 5.74) is 0.751. The van der Waals surface area contributed by atoms with E-state index in [4.69, 9.17) is 5.26 Å². The Morgan fingerprint density at radius 1 is 1.14 bits per heavy atom. The van der Waals surface area contributed by atoms with Gasteiger partial charge in [-0.15, -0.1) is 11.8 Å². The lowest BCUT2D eigenvalue weighted by molar-refractivity contribution is 0.886. The summed E-state index contributed by atoms with van der Waals surface area (Å²) in [4.78, 5) is 1.30. The summed E-state index contributed by atoms with van der Waals surface area (Å²) in [5.74, 6) is 0. The van der Waals surface area contributed by atoms with Crippen LogP contribution < -0.4 is 0 Å². The van der Waals surface area contributed by atoms with Crippen LogP contribution in [-0.4, -0.2) is 5.25 Å². The summed E-state index contributed by atoms with van der Waals surface area (Å²) >= 11 is 1.96. The predicted molar refractivity (Wildman–Crippen MR) is 59.3 cm³/mol. The van der Waals surface area contributed by atoms with Crippen LogP contribution in [0.3, 0.4) is 0 Å². The van der Waals surface area contributed by atoms with Gasteiger partial charge < -0.3 is 0 Å². The van der Waals surface area contributed by atoms with E-state index in [1.54, 1.807) is 0 Å². The number of nitrogens with zero attached hydrogens (tertiary/aromatic N) is 1. The molecule has 0 bridgehead atoms. The second-order valence-electron chi connectivity index (χ2n) is 3.66. The molecule has 0 aliphatic heterocycles. The van der Waals surface area contributed by atoms with Crippen molar-refractivity contribution in [2.24, 2.45) is 0 Å². The summed E-state index contributed by atoms with van der Waals surface area (Å²) in [7, 11) is 0. The molecule has 1 aromatic rings. The third-order valence-electron chi connectivity index (χ3n) is 2.59. The average molecular weight is 203 g/mol. The third kappa shape index (κ3) is 2.30. The zero-order chi connectivity index (χ0) is 9.80. The molecule has 1 fully saturated rings. The molecule has 1 aromatic carbocycles. The highest BCUT2D eigenvalue weighted by atomic mass is 32.2. The molecule has 0 N–H and O–H groups in total. The summed E-state index contributed by atoms with van der Waals surface area (Å²) in [6.07, 6.45) is 5.47. The maximum absolute atomic E-state index is 8.66. The zero-order valence-electron chi connectivity index (χ0n) is 8.07. The Morgan fingerprint density at radius 3 is 2.36 bits per heavy atom. The van der Waals surface area contributed by atoms with E-state index in [0.717, 1.165) is 10.8 Å². The number of benzene rings is 1. The second-order valence-corrected chi connectivity index (χ2v) is 5.03. The highest BCUT2D eigenvalue weighted by molar-refractivity contribution is 8.00. The minimum atomic E-state index is 0.751. The van der Waals surface area contributed by atoms with Gasteiger partial charge in [-0.3, -0.25) is 0 Å². The highest BCUT2D eigenvalue weighted by Crippen LogP contribution is 2.34. The number of hydrogen-bond donors (Lipinski definition) is 0. The van der Waals surface area contributed by atoms with E-state index in [1.165, 1.54) is 30.6 Å². The van der Waals surface area contributed by atoms with Gasteiger partial charge in [-0.25, -0.2) is 0 Å². The summed E-state index contributed by atoms with van der Waals surface area (Å²) in [6, 6.07) is 10.1. The van der Waals surface area contributed by atoms with Crippen molar-refractivity contribution in [3.8, 4) is 6.07 Å². The molecule has 1 saturated carbocycles. The summed E-state index contributed by atoms with van der Waals surface area (Å²) in [5, 5.41) is 9.46. The van der Waals surface area contributed by atoms with Gasteiger partial charge in [-0.2, -0.15) is 5.26 Å². The highest BCUT2D eigenvalue weighted by Gasteiger charge is 2.15. The number of thioether (sulfide) groups is 1. The first-order chi connectivity index (χ1) is 6.88. The maximum Gasteiger partial charge on any atom is 0.0991 e. The van der Waals surface area contributed by atoms with Crippen molar-refractivity contribution in [1.29, 1.82) is 5.26 Å². The van der Waals surface area contributed by atoms with Gasteiger partial charge in [0.05, 0.1) is 11.6 Å². The van der Waals surface area contributed by atoms with Gasteiger partial charge in [0.2, 0.25) is 0 Å². The summed E-state index contributed by atoms with van der Waals surface area (Å²) in [6.45, 7) is 0. The molecule has 1 nitrogen and oxygen atoms in total. The van der Waals surface area contributed by atoms with Crippen LogP contribution in [0.4, 0.5) is 0 Å². The molecule has 0 amide bonds. The minimum absolute atomic E-state index is 0.751. The number of rotatable bonds is 2. The molecule has 72 valence electrons. The first-order valence-electron chi connectivity index (χ1n) is 5.05. The molecule has 2 heteroatoms. The largest absolute Gasteiger partial charge is 0.192 e. The number of nitriles is 1. The van der Waals surface area contributed by atoms with E-state index < -0.39 is 0 Å². The van der Waals surface area contributed by atoms with E-state index in [9.17, 15) is 0 Å². The van der Waals surface area contributed by atoms with Crippen molar-refractivity contribution >= 4 is 11.8 Å². The van der Waals surface area contributed by atoms with E-state index in [0.29, 0.717) is 0 Å². The molecule has 0 radical (unpaired) electrons. The van der Waals surface area contributed by atoms with Gasteiger partial charge in [0.15, 0.2) is 0 Å². The van der Waals surface area contributed by atoms with Crippen LogP contribution in [-0.2, 0) is 0 Å². The lowest BCUT2D eigenvalue weighted by atomic mass is 10.2. The second kappa shape index (κ2) is 4.52. The van der Waals surface area contributed by atoms with E-state index >= 15 is 0 Å². The topological polar surface area (TPSA) is 23.8 Å². The first kappa shape index (κ1) is 9.61. The number of hydrogen-bond acceptors (Lipinski definition) is 2. The molecule has 0 unspecified atom stereocenters. The lowest BCUT2D eigenvalue weighted by Crippen LogP contribution is -1.92. The predicted octanol–water partition coefficient (Wildman–Crippen LogP) is 3.59. The molecular weight excluding hydrogens is 190 g/mol. The van der Waals surface area contributed by atoms with Gasteiger partial charge >= 0.3 is 0 Å². The quantitative estimate of drug-likeness (QED) is 0.733. The normalized spacial score (nSPS) is 16.8. The third-order valence-corrected chi connectivity index (χ3v) is 3.94. The molecule has 0 saturated heterocycles. The van der Waals surface area contributed by atoms with Crippen molar-refractivity contribution in [3.63, 3.8) is 0 Å². The zero-order valence-corrected chi connectivity index (χ0v) is 8.89. The van der Waals surface area contributed by atoms with Gasteiger partial charge in [0, 0.05) is 10.1 Å². The van der Waals surface area contributed by atoms with Gasteiger partial charge in [0.25, 0.3) is 0 Å². The molecule has 0 spiro atoms. The minimum Gasteiger partial charge on any atom is -0.192 e. The van der Waals surface area contributed by atoms with Crippen LogP contribution in [0.15, 0.2) is 29.2 Å². The Kier molecular flexibility index (Phi) is 3.10. The monoisotopic (exact) mass is 203 g/mol. The lowest BCUT2D eigenvalue weighted by Gasteiger charge is -2.07. The molecule has 2 rings (SSSR count). The van der Waals surface area contributed by atoms with Gasteiger partial charge in [-0.05, 0) is 37.1 Å². The Hall–Kier alpha value is -0.940. The average Bonchev–Trinajstić information content (AvgIpc) is 2.72. The van der Waals surface area contributed by atoms with Gasteiger partial charge in [-0.1, -0.05) is 12.8 Å². The fourth-order valence-electron chi connectivity index (χ4n) is 1.81. The fraction of sp³-hybridized carbons (Fsp3) is 0.417. The molecular formula is C12H13NS. The summed E-state index contributed by atoms with van der Waals surface area (Å²) < 4.78 is 0. The van der Waals surface area contributed by atoms with Crippen LogP contribution >= 0.6 is 11.8 Å². The molecule has 0 aromatic heterocycles. The Labute approximate surface area is 89.1 Å².